The Labute approximate surface area is 247 Å². The Morgan fingerprint density at radius 1 is 0.886 bits per heavy atom. The number of phenolic OH excluding ortho intramolecular Hbond substituents is 5. The number of hydrogen-bond acceptors (Lipinski definition) is 14. The van der Waals surface area contributed by atoms with Gasteiger partial charge in [0, 0.05) is 23.8 Å². The molecule has 1 aliphatic heterocycles. The predicted molar refractivity (Wildman–Crippen MR) is 150 cm³/mol. The number of fused-ring (bicyclic) bond motifs is 1. The molecule has 3 aromatic carbocycles. The van der Waals surface area contributed by atoms with Crippen LogP contribution in [0.1, 0.15) is 5.56 Å². The normalized spacial score (nSPS) is 21.8. The van der Waals surface area contributed by atoms with E-state index in [0.29, 0.717) is 5.56 Å². The molecule has 44 heavy (non-hydrogen) atoms. The highest BCUT2D eigenvalue weighted by Gasteiger charge is 2.48. The lowest BCUT2D eigenvalue weighted by Crippen LogP contribution is -2.61. The molecule has 1 aromatic heterocycles. The quantitative estimate of drug-likeness (QED) is 0.0840. The lowest BCUT2D eigenvalue weighted by molar-refractivity contribution is -0.280. The number of esters is 1. The molecule has 1 aliphatic rings. The van der Waals surface area contributed by atoms with Crippen LogP contribution in [0.4, 0.5) is 0 Å². The van der Waals surface area contributed by atoms with Crippen molar-refractivity contribution in [3.05, 3.63) is 76.5 Å². The summed E-state index contributed by atoms with van der Waals surface area (Å²) >= 11 is 0. The number of carbonyl (C=O) groups is 1. The third-order valence-electron chi connectivity index (χ3n) is 6.74. The van der Waals surface area contributed by atoms with E-state index >= 15 is 0 Å². The molecule has 1 fully saturated rings. The molecule has 2 heterocycles. The molecule has 14 heteroatoms. The first-order valence-electron chi connectivity index (χ1n) is 13.0. The molecule has 1 saturated heterocycles. The monoisotopic (exact) mass is 610 g/mol. The van der Waals surface area contributed by atoms with Crippen LogP contribution in [-0.4, -0.2) is 84.1 Å². The summed E-state index contributed by atoms with van der Waals surface area (Å²) in [6, 6.07) is 11.2. The fourth-order valence-electron chi connectivity index (χ4n) is 4.61. The van der Waals surface area contributed by atoms with Crippen molar-refractivity contribution >= 4 is 23.0 Å². The van der Waals surface area contributed by atoms with Crippen LogP contribution in [0, 0.1) is 0 Å². The molecule has 230 valence electrons. The van der Waals surface area contributed by atoms with Crippen LogP contribution in [-0.2, 0) is 14.3 Å². The number of ether oxygens (including phenoxy) is 3. The van der Waals surface area contributed by atoms with Crippen LogP contribution < -0.4 is 10.2 Å². The van der Waals surface area contributed by atoms with Crippen LogP contribution >= 0.6 is 0 Å². The first-order chi connectivity index (χ1) is 21.0. The summed E-state index contributed by atoms with van der Waals surface area (Å²) in [7, 11) is 0. The van der Waals surface area contributed by atoms with Crippen molar-refractivity contribution in [1.82, 2.24) is 0 Å². The number of aliphatic hydroxyl groups is 3. The highest BCUT2D eigenvalue weighted by molar-refractivity contribution is 5.88. The second kappa shape index (κ2) is 12.1. The van der Waals surface area contributed by atoms with E-state index in [-0.39, 0.29) is 22.7 Å². The van der Waals surface area contributed by atoms with Crippen LogP contribution in [0.2, 0.25) is 0 Å². The topological polar surface area (TPSA) is 237 Å². The molecule has 5 atom stereocenters. The minimum atomic E-state index is -1.98. The Balaban J connectivity index is 1.46. The number of aromatic hydroxyl groups is 5. The maximum absolute atomic E-state index is 13.6. The molecule has 4 aromatic rings. The minimum Gasteiger partial charge on any atom is -0.508 e. The molecule has 0 bridgehead atoms. The lowest BCUT2D eigenvalue weighted by Gasteiger charge is -2.41. The minimum absolute atomic E-state index is 0.0213. The van der Waals surface area contributed by atoms with Gasteiger partial charge in [-0.1, -0.05) is 12.1 Å². The number of rotatable bonds is 7. The van der Waals surface area contributed by atoms with Gasteiger partial charge in [0.2, 0.25) is 17.5 Å². The molecule has 0 radical (unpaired) electrons. The van der Waals surface area contributed by atoms with Crippen LogP contribution in [0.3, 0.4) is 0 Å². The van der Waals surface area contributed by atoms with E-state index in [1.54, 1.807) is 12.1 Å². The summed E-state index contributed by atoms with van der Waals surface area (Å²) in [4.78, 5) is 26.0. The third kappa shape index (κ3) is 5.95. The number of hydrogen-bond donors (Lipinski definition) is 8. The second-order valence-electron chi connectivity index (χ2n) is 9.79. The van der Waals surface area contributed by atoms with Gasteiger partial charge < -0.3 is 59.5 Å². The average molecular weight is 611 g/mol. The number of benzene rings is 3. The molecule has 0 amide bonds. The van der Waals surface area contributed by atoms with E-state index in [1.165, 1.54) is 24.3 Å². The van der Waals surface area contributed by atoms with Crippen molar-refractivity contribution in [2.75, 3.05) is 6.61 Å². The Bertz CT molecular complexity index is 1790. The predicted octanol–water partition coefficient (Wildman–Crippen LogP) is 1.43. The Hall–Kier alpha value is -5.28. The van der Waals surface area contributed by atoms with Crippen molar-refractivity contribution in [3.8, 4) is 45.8 Å². The fourth-order valence-corrected chi connectivity index (χ4v) is 4.61. The van der Waals surface area contributed by atoms with E-state index in [0.717, 1.165) is 30.3 Å². The summed E-state index contributed by atoms with van der Waals surface area (Å²) in [6.45, 7) is -0.830. The third-order valence-corrected chi connectivity index (χ3v) is 6.74. The standard InChI is InChI=1S/C30H26O14/c31-12-21-28(43-22(37)7-4-13-2-1-3-15(32)8-13)25(39)26(40)30(42-21)44-29-24(38)23-19(36)10-16(33)11-20(23)41-27(29)14-5-6-17(34)18(35)9-14/h1-11,21,25-26,28,30-36,39-40H,12H2/t21-,25-,26-,28-,30-/m1/s1. The zero-order valence-corrected chi connectivity index (χ0v) is 22.5. The highest BCUT2D eigenvalue weighted by Crippen LogP contribution is 2.39. The van der Waals surface area contributed by atoms with Gasteiger partial charge in [-0.05, 0) is 42.0 Å². The summed E-state index contributed by atoms with van der Waals surface area (Å²) in [5.74, 6) is -4.29. The summed E-state index contributed by atoms with van der Waals surface area (Å²) < 4.78 is 22.2. The van der Waals surface area contributed by atoms with E-state index < -0.39 is 82.8 Å². The number of carbonyl (C=O) groups excluding carboxylic acids is 1. The molecule has 8 N–H and O–H groups in total. The summed E-state index contributed by atoms with van der Waals surface area (Å²) in [6.07, 6.45) is -6.48. The summed E-state index contributed by atoms with van der Waals surface area (Å²) in [5, 5.41) is 80.8. The molecule has 14 nitrogen and oxygen atoms in total. The molecule has 0 saturated carbocycles. The van der Waals surface area contributed by atoms with E-state index in [4.69, 9.17) is 18.6 Å². The molecular formula is C30H26O14. The largest absolute Gasteiger partial charge is 0.508 e. The zero-order chi connectivity index (χ0) is 31.7. The first-order valence-corrected chi connectivity index (χ1v) is 13.0. The Morgan fingerprint density at radius 3 is 2.36 bits per heavy atom. The van der Waals surface area contributed by atoms with Gasteiger partial charge in [0.15, 0.2) is 23.4 Å². The average Bonchev–Trinajstić information content (AvgIpc) is 2.98. The number of aliphatic hydroxyl groups excluding tert-OH is 3. The Kier molecular flexibility index (Phi) is 8.33. The van der Waals surface area contributed by atoms with Gasteiger partial charge in [-0.2, -0.15) is 0 Å². The first kappa shape index (κ1) is 30.2. The van der Waals surface area contributed by atoms with Gasteiger partial charge in [0.25, 0.3) is 0 Å². The van der Waals surface area contributed by atoms with Crippen molar-refractivity contribution in [2.45, 2.75) is 30.7 Å². The van der Waals surface area contributed by atoms with Crippen molar-refractivity contribution in [2.24, 2.45) is 0 Å². The van der Waals surface area contributed by atoms with Crippen molar-refractivity contribution in [1.29, 1.82) is 0 Å². The number of phenols is 5. The SMILES string of the molecule is O=C(C=Cc1cccc(O)c1)O[C@H]1[C@H](O)[C@@H](O)[C@@H](Oc2c(-c3ccc(O)c(O)c3)oc3cc(O)cc(O)c3c2=O)O[C@@H]1CO. The molecular weight excluding hydrogens is 584 g/mol. The Morgan fingerprint density at radius 2 is 1.66 bits per heavy atom. The van der Waals surface area contributed by atoms with E-state index in [9.17, 15) is 50.4 Å². The van der Waals surface area contributed by atoms with Crippen LogP contribution in [0.15, 0.2) is 69.9 Å². The van der Waals surface area contributed by atoms with Gasteiger partial charge in [-0.3, -0.25) is 4.79 Å². The highest BCUT2D eigenvalue weighted by atomic mass is 16.7. The van der Waals surface area contributed by atoms with Gasteiger partial charge in [0.05, 0.1) is 6.61 Å². The molecule has 0 aliphatic carbocycles. The van der Waals surface area contributed by atoms with Crippen molar-refractivity contribution in [3.63, 3.8) is 0 Å². The molecule has 0 spiro atoms. The maximum Gasteiger partial charge on any atom is 0.331 e. The van der Waals surface area contributed by atoms with Gasteiger partial charge >= 0.3 is 5.97 Å². The maximum atomic E-state index is 13.6. The van der Waals surface area contributed by atoms with Crippen LogP contribution in [0.25, 0.3) is 28.4 Å². The molecule has 0 unspecified atom stereocenters. The zero-order valence-electron chi connectivity index (χ0n) is 22.5. The molecule has 5 rings (SSSR count). The van der Waals surface area contributed by atoms with Gasteiger partial charge in [0.1, 0.15) is 46.5 Å². The van der Waals surface area contributed by atoms with Crippen LogP contribution in [0.5, 0.6) is 34.5 Å². The van der Waals surface area contributed by atoms with Gasteiger partial charge in [-0.15, -0.1) is 0 Å². The van der Waals surface area contributed by atoms with Crippen molar-refractivity contribution < 1.29 is 64.3 Å². The van der Waals surface area contributed by atoms with E-state index in [2.05, 4.69) is 0 Å². The summed E-state index contributed by atoms with van der Waals surface area (Å²) in [5.41, 5.74) is -0.857. The fraction of sp³-hybridized carbons (Fsp3) is 0.200. The smallest absolute Gasteiger partial charge is 0.331 e. The lowest BCUT2D eigenvalue weighted by atomic mass is 9.99. The van der Waals surface area contributed by atoms with E-state index in [1.807, 2.05) is 0 Å². The second-order valence-corrected chi connectivity index (χ2v) is 9.79. The van der Waals surface area contributed by atoms with Gasteiger partial charge in [-0.25, -0.2) is 4.79 Å².